The first-order valence-corrected chi connectivity index (χ1v) is 12.0. The molecular formula is C28H38N2O2. The van der Waals surface area contributed by atoms with E-state index in [4.69, 9.17) is 0 Å². The van der Waals surface area contributed by atoms with E-state index >= 15 is 0 Å². The summed E-state index contributed by atoms with van der Waals surface area (Å²) in [5, 5.41) is 0. The predicted molar refractivity (Wildman–Crippen MR) is 131 cm³/mol. The minimum absolute atomic E-state index is 0.0952. The summed E-state index contributed by atoms with van der Waals surface area (Å²) < 4.78 is 0. The highest BCUT2D eigenvalue weighted by molar-refractivity contribution is 5.84. The lowest BCUT2D eigenvalue weighted by molar-refractivity contribution is -0.147. The van der Waals surface area contributed by atoms with Crippen LogP contribution in [0.15, 0.2) is 48.5 Å². The van der Waals surface area contributed by atoms with Crippen molar-refractivity contribution in [3.05, 3.63) is 59.7 Å². The summed E-state index contributed by atoms with van der Waals surface area (Å²) in [4.78, 5) is 30.0. The van der Waals surface area contributed by atoms with Crippen molar-refractivity contribution in [2.75, 3.05) is 27.2 Å². The molecular weight excluding hydrogens is 396 g/mol. The average Bonchev–Trinajstić information content (AvgIpc) is 2.80. The van der Waals surface area contributed by atoms with Crippen molar-refractivity contribution in [2.45, 2.75) is 52.9 Å². The number of carbonyl (C=O) groups excluding carboxylic acids is 2. The molecule has 0 aromatic heterocycles. The van der Waals surface area contributed by atoms with Crippen molar-refractivity contribution in [1.82, 2.24) is 9.80 Å². The highest BCUT2D eigenvalue weighted by Gasteiger charge is 2.43. The first-order chi connectivity index (χ1) is 15.3. The van der Waals surface area contributed by atoms with Gasteiger partial charge in [-0.2, -0.15) is 0 Å². The maximum atomic E-state index is 13.4. The van der Waals surface area contributed by atoms with Gasteiger partial charge in [0.2, 0.25) is 11.8 Å². The van der Waals surface area contributed by atoms with E-state index in [0.717, 1.165) is 12.8 Å². The van der Waals surface area contributed by atoms with Gasteiger partial charge in [0.25, 0.3) is 0 Å². The Hall–Kier alpha value is -2.62. The van der Waals surface area contributed by atoms with E-state index in [1.54, 1.807) is 4.90 Å². The molecule has 172 valence electrons. The number of rotatable bonds is 7. The van der Waals surface area contributed by atoms with Crippen molar-refractivity contribution in [3.63, 3.8) is 0 Å². The van der Waals surface area contributed by atoms with Crippen molar-refractivity contribution >= 4 is 11.8 Å². The number of hydrogen-bond acceptors (Lipinski definition) is 2. The monoisotopic (exact) mass is 434 g/mol. The number of hydrogen-bond donors (Lipinski definition) is 0. The number of carbonyl (C=O) groups is 2. The second kappa shape index (κ2) is 10.3. The van der Waals surface area contributed by atoms with E-state index in [9.17, 15) is 9.59 Å². The molecule has 4 heteroatoms. The van der Waals surface area contributed by atoms with Crippen LogP contribution in [0.2, 0.25) is 0 Å². The summed E-state index contributed by atoms with van der Waals surface area (Å²) in [5.74, 6) is 0.522. The second-order valence-electron chi connectivity index (χ2n) is 9.51. The van der Waals surface area contributed by atoms with Crippen LogP contribution < -0.4 is 0 Å². The third kappa shape index (κ3) is 5.06. The molecule has 2 aromatic rings. The van der Waals surface area contributed by atoms with Crippen molar-refractivity contribution in [2.24, 2.45) is 11.3 Å². The summed E-state index contributed by atoms with van der Waals surface area (Å²) in [6, 6.07) is 17.0. The number of aryl methyl sites for hydroxylation is 1. The normalized spacial score (nSPS) is 15.6. The summed E-state index contributed by atoms with van der Waals surface area (Å²) in [5.41, 5.74) is 4.39. The predicted octanol–water partition coefficient (Wildman–Crippen LogP) is 5.34. The van der Waals surface area contributed by atoms with Gasteiger partial charge in [0.1, 0.15) is 0 Å². The molecule has 1 fully saturated rings. The van der Waals surface area contributed by atoms with E-state index in [1.807, 2.05) is 19.0 Å². The Bertz CT molecular complexity index is 938. The van der Waals surface area contributed by atoms with Crippen LogP contribution in [0.25, 0.3) is 11.1 Å². The van der Waals surface area contributed by atoms with Gasteiger partial charge < -0.3 is 9.80 Å². The first-order valence-electron chi connectivity index (χ1n) is 12.0. The minimum Gasteiger partial charge on any atom is -0.348 e. The largest absolute Gasteiger partial charge is 0.348 e. The fourth-order valence-corrected chi connectivity index (χ4v) is 5.13. The zero-order chi connectivity index (χ0) is 23.3. The van der Waals surface area contributed by atoms with E-state index < -0.39 is 5.41 Å². The van der Waals surface area contributed by atoms with E-state index in [-0.39, 0.29) is 17.7 Å². The fourth-order valence-electron chi connectivity index (χ4n) is 5.13. The molecule has 3 rings (SSSR count). The molecule has 0 atom stereocenters. The highest BCUT2D eigenvalue weighted by atomic mass is 16.2. The summed E-state index contributed by atoms with van der Waals surface area (Å²) in [7, 11) is 3.69. The van der Waals surface area contributed by atoms with Crippen LogP contribution in [0, 0.1) is 18.3 Å². The third-order valence-corrected chi connectivity index (χ3v) is 7.15. The molecule has 4 nitrogen and oxygen atoms in total. The van der Waals surface area contributed by atoms with Crippen molar-refractivity contribution in [3.8, 4) is 11.1 Å². The lowest BCUT2D eigenvalue weighted by Crippen LogP contribution is -2.51. The van der Waals surface area contributed by atoms with Crippen LogP contribution in [-0.4, -0.2) is 48.8 Å². The summed E-state index contributed by atoms with van der Waals surface area (Å²) >= 11 is 0. The van der Waals surface area contributed by atoms with Crippen molar-refractivity contribution in [1.29, 1.82) is 0 Å². The highest BCUT2D eigenvalue weighted by Crippen LogP contribution is 2.38. The van der Waals surface area contributed by atoms with E-state index in [0.29, 0.717) is 32.4 Å². The number of nitrogens with zero attached hydrogens (tertiary/aromatic N) is 2. The standard InChI is InChI=1S/C28H38N2O2/c1-6-23(7-2)26(31)30-17-15-28(16-18-30,27(32)29(4)5)20-22-12-10-13-24(19-22)25-14-9-8-11-21(25)3/h8-14,19,23H,6-7,15-18,20H2,1-5H3. The second-order valence-corrected chi connectivity index (χ2v) is 9.51. The molecule has 0 N–H and O–H groups in total. The molecule has 2 aromatic carbocycles. The SMILES string of the molecule is CCC(CC)C(=O)N1CCC(Cc2cccc(-c3ccccc3C)c2)(C(=O)N(C)C)CC1. The Balaban J connectivity index is 1.84. The Labute approximate surface area is 193 Å². The van der Waals surface area contributed by atoms with Crippen LogP contribution in [-0.2, 0) is 16.0 Å². The van der Waals surface area contributed by atoms with E-state index in [1.165, 1.54) is 22.3 Å². The van der Waals surface area contributed by atoms with Gasteiger partial charge in [-0.1, -0.05) is 62.4 Å². The average molecular weight is 435 g/mol. The van der Waals surface area contributed by atoms with Crippen LogP contribution in [0.4, 0.5) is 0 Å². The number of benzene rings is 2. The van der Waals surface area contributed by atoms with Crippen LogP contribution >= 0.6 is 0 Å². The summed E-state index contributed by atoms with van der Waals surface area (Å²) in [6.45, 7) is 7.61. The van der Waals surface area contributed by atoms with Gasteiger partial charge in [0.05, 0.1) is 5.41 Å². The van der Waals surface area contributed by atoms with Crippen LogP contribution in [0.5, 0.6) is 0 Å². The van der Waals surface area contributed by atoms with Crippen LogP contribution in [0.1, 0.15) is 50.7 Å². The molecule has 1 aliphatic heterocycles. The summed E-state index contributed by atoms with van der Waals surface area (Å²) in [6.07, 6.45) is 3.88. The zero-order valence-electron chi connectivity index (χ0n) is 20.4. The molecule has 0 aliphatic carbocycles. The van der Waals surface area contributed by atoms with Gasteiger partial charge in [0, 0.05) is 33.1 Å². The Morgan fingerprint density at radius 3 is 2.25 bits per heavy atom. The maximum Gasteiger partial charge on any atom is 0.228 e. The van der Waals surface area contributed by atoms with Gasteiger partial charge in [-0.15, -0.1) is 0 Å². The number of amides is 2. The lowest BCUT2D eigenvalue weighted by Gasteiger charge is -2.43. The fraction of sp³-hybridized carbons (Fsp3) is 0.500. The number of piperidine rings is 1. The quantitative estimate of drug-likeness (QED) is 0.590. The van der Waals surface area contributed by atoms with E-state index in [2.05, 4.69) is 69.3 Å². The van der Waals surface area contributed by atoms with Crippen molar-refractivity contribution < 1.29 is 9.59 Å². The maximum absolute atomic E-state index is 13.4. The smallest absolute Gasteiger partial charge is 0.228 e. The molecule has 1 saturated heterocycles. The first kappa shape index (κ1) is 24.0. The number of likely N-dealkylation sites (tertiary alicyclic amines) is 1. The Kier molecular flexibility index (Phi) is 7.76. The molecule has 0 saturated carbocycles. The third-order valence-electron chi connectivity index (χ3n) is 7.15. The molecule has 0 spiro atoms. The zero-order valence-corrected chi connectivity index (χ0v) is 20.4. The van der Waals surface area contributed by atoms with Gasteiger partial charge in [-0.3, -0.25) is 9.59 Å². The minimum atomic E-state index is -0.460. The van der Waals surface area contributed by atoms with Gasteiger partial charge in [-0.05, 0) is 61.3 Å². The molecule has 1 aliphatic rings. The molecule has 1 heterocycles. The van der Waals surface area contributed by atoms with Gasteiger partial charge in [0.15, 0.2) is 0 Å². The Morgan fingerprint density at radius 2 is 1.66 bits per heavy atom. The molecule has 32 heavy (non-hydrogen) atoms. The lowest BCUT2D eigenvalue weighted by atomic mass is 9.72. The van der Waals surface area contributed by atoms with Crippen LogP contribution in [0.3, 0.4) is 0 Å². The molecule has 0 bridgehead atoms. The van der Waals surface area contributed by atoms with Gasteiger partial charge >= 0.3 is 0 Å². The topological polar surface area (TPSA) is 40.6 Å². The molecule has 0 radical (unpaired) electrons. The molecule has 2 amide bonds. The Morgan fingerprint density at radius 1 is 1.00 bits per heavy atom. The van der Waals surface area contributed by atoms with Gasteiger partial charge in [-0.25, -0.2) is 0 Å². The molecule has 0 unspecified atom stereocenters.